The minimum Gasteiger partial charge on any atom is -0.311 e. The van der Waals surface area contributed by atoms with Crippen molar-refractivity contribution >= 4 is 23.0 Å². The molecular weight excluding hydrogens is 445 g/mol. The highest BCUT2D eigenvalue weighted by atomic mass is 19.1. The summed E-state index contributed by atoms with van der Waals surface area (Å²) in [7, 11) is 3.96. The van der Waals surface area contributed by atoms with Crippen LogP contribution in [0.25, 0.3) is 33.5 Å². The quantitative estimate of drug-likeness (QED) is 0.329. The molecule has 35 heavy (non-hydrogen) atoms. The maximum absolute atomic E-state index is 13.3. The van der Waals surface area contributed by atoms with Crippen molar-refractivity contribution in [1.82, 2.24) is 30.3 Å². The highest BCUT2D eigenvalue weighted by Crippen LogP contribution is 2.31. The van der Waals surface area contributed by atoms with E-state index in [4.69, 9.17) is 0 Å². The van der Waals surface area contributed by atoms with Gasteiger partial charge in [-0.3, -0.25) is 15.0 Å². The standard InChI is InChI=1S/C26H24FN7O/c1-33(2)15-24-28-26(32-30-24)19-8-11-23-22(13-19)25(31-29-23)18-4-3-5-21(12-18)34(16-35)14-17-6-9-20(27)10-7-17/h3-13,16H,14-15H2,1-2H3,(H,29,31)(H,28,30,32). The topological polar surface area (TPSA) is 93.8 Å². The summed E-state index contributed by atoms with van der Waals surface area (Å²) in [6.45, 7) is 1.00. The molecule has 0 aliphatic carbocycles. The van der Waals surface area contributed by atoms with Gasteiger partial charge in [0.25, 0.3) is 0 Å². The van der Waals surface area contributed by atoms with Crippen LogP contribution in [0.2, 0.25) is 0 Å². The highest BCUT2D eigenvalue weighted by molar-refractivity contribution is 5.96. The molecule has 0 aliphatic rings. The van der Waals surface area contributed by atoms with E-state index >= 15 is 0 Å². The summed E-state index contributed by atoms with van der Waals surface area (Å²) in [5, 5.41) is 15.9. The maximum Gasteiger partial charge on any atom is 0.214 e. The molecule has 0 spiro atoms. The van der Waals surface area contributed by atoms with Crippen molar-refractivity contribution in [2.45, 2.75) is 13.1 Å². The lowest BCUT2D eigenvalue weighted by molar-refractivity contribution is -0.107. The third-order valence-corrected chi connectivity index (χ3v) is 5.66. The van der Waals surface area contributed by atoms with Crippen LogP contribution in [0.15, 0.2) is 66.7 Å². The fourth-order valence-corrected chi connectivity index (χ4v) is 3.98. The van der Waals surface area contributed by atoms with E-state index in [0.29, 0.717) is 18.9 Å². The molecule has 0 atom stereocenters. The number of aromatic amines is 2. The molecule has 0 radical (unpaired) electrons. The van der Waals surface area contributed by atoms with Gasteiger partial charge in [0.2, 0.25) is 6.41 Å². The number of benzene rings is 3. The molecule has 0 fully saturated rings. The van der Waals surface area contributed by atoms with Crippen molar-refractivity contribution in [3.05, 3.63) is 83.9 Å². The molecule has 0 bridgehead atoms. The minimum atomic E-state index is -0.308. The fraction of sp³-hybridized carbons (Fsp3) is 0.154. The summed E-state index contributed by atoms with van der Waals surface area (Å²) >= 11 is 0. The number of carbonyl (C=O) groups is 1. The van der Waals surface area contributed by atoms with E-state index in [0.717, 1.165) is 51.2 Å². The Balaban J connectivity index is 1.46. The van der Waals surface area contributed by atoms with E-state index in [1.807, 2.05) is 61.5 Å². The van der Waals surface area contributed by atoms with Gasteiger partial charge in [-0.05, 0) is 62.1 Å². The number of halogens is 1. The van der Waals surface area contributed by atoms with Gasteiger partial charge < -0.3 is 9.80 Å². The zero-order valence-electron chi connectivity index (χ0n) is 19.4. The number of rotatable bonds is 8. The first kappa shape index (κ1) is 22.4. The van der Waals surface area contributed by atoms with Gasteiger partial charge in [0, 0.05) is 22.2 Å². The molecular formula is C26H24FN7O. The number of anilines is 1. The monoisotopic (exact) mass is 469 g/mol. The first-order valence-electron chi connectivity index (χ1n) is 11.1. The lowest BCUT2D eigenvalue weighted by Crippen LogP contribution is -2.20. The summed E-state index contributed by atoms with van der Waals surface area (Å²) in [6.07, 6.45) is 0.776. The summed E-state index contributed by atoms with van der Waals surface area (Å²) in [5.41, 5.74) is 4.94. The number of H-pyrrole nitrogens is 2. The van der Waals surface area contributed by atoms with Crippen LogP contribution in [0.4, 0.5) is 10.1 Å². The number of nitrogens with one attached hydrogen (secondary N) is 2. The number of hydrogen-bond donors (Lipinski definition) is 2. The first-order chi connectivity index (χ1) is 17.0. The van der Waals surface area contributed by atoms with Crippen molar-refractivity contribution in [1.29, 1.82) is 0 Å². The Labute approximate surface area is 201 Å². The van der Waals surface area contributed by atoms with E-state index in [1.165, 1.54) is 12.1 Å². The predicted molar refractivity (Wildman–Crippen MR) is 133 cm³/mol. The molecule has 176 valence electrons. The lowest BCUT2D eigenvalue weighted by Gasteiger charge is -2.18. The number of nitrogens with zero attached hydrogens (tertiary/aromatic N) is 5. The molecule has 5 aromatic rings. The van der Waals surface area contributed by atoms with E-state index in [2.05, 4.69) is 25.4 Å². The van der Waals surface area contributed by atoms with E-state index in [1.54, 1.807) is 17.0 Å². The average Bonchev–Trinajstić information content (AvgIpc) is 3.50. The third-order valence-electron chi connectivity index (χ3n) is 5.66. The molecule has 0 aliphatic heterocycles. The zero-order chi connectivity index (χ0) is 24.4. The van der Waals surface area contributed by atoms with Crippen LogP contribution in [0, 0.1) is 5.82 Å². The maximum atomic E-state index is 13.3. The first-order valence-corrected chi connectivity index (χ1v) is 11.1. The van der Waals surface area contributed by atoms with Gasteiger partial charge in [0.1, 0.15) is 11.6 Å². The number of amides is 1. The van der Waals surface area contributed by atoms with Crippen LogP contribution in [0.1, 0.15) is 11.4 Å². The molecule has 2 heterocycles. The summed E-state index contributed by atoms with van der Waals surface area (Å²) in [5.74, 6) is 1.11. The normalized spacial score (nSPS) is 11.3. The van der Waals surface area contributed by atoms with E-state index in [9.17, 15) is 9.18 Å². The van der Waals surface area contributed by atoms with Crippen molar-refractivity contribution in [3.8, 4) is 22.6 Å². The SMILES string of the molecule is CN(C)Cc1nc(-c2ccc3[nH]nc(-c4cccc(N(C=O)Cc5ccc(F)cc5)c4)c3c2)n[nH]1. The van der Waals surface area contributed by atoms with Crippen LogP contribution in [-0.2, 0) is 17.9 Å². The molecule has 9 heteroatoms. The molecule has 2 aromatic heterocycles. The molecule has 3 aromatic carbocycles. The van der Waals surface area contributed by atoms with Crippen molar-refractivity contribution in [2.75, 3.05) is 19.0 Å². The number of fused-ring (bicyclic) bond motifs is 1. The second-order valence-electron chi connectivity index (χ2n) is 8.59. The Kier molecular flexibility index (Phi) is 6.07. The van der Waals surface area contributed by atoms with E-state index in [-0.39, 0.29) is 5.82 Å². The van der Waals surface area contributed by atoms with Gasteiger partial charge in [0.05, 0.1) is 24.3 Å². The number of aromatic nitrogens is 5. The minimum absolute atomic E-state index is 0.308. The zero-order valence-corrected chi connectivity index (χ0v) is 19.4. The van der Waals surface area contributed by atoms with Crippen LogP contribution in [0.5, 0.6) is 0 Å². The number of hydrogen-bond acceptors (Lipinski definition) is 5. The van der Waals surface area contributed by atoms with Crippen LogP contribution < -0.4 is 4.90 Å². The van der Waals surface area contributed by atoms with Crippen LogP contribution >= 0.6 is 0 Å². The second-order valence-corrected chi connectivity index (χ2v) is 8.59. The van der Waals surface area contributed by atoms with Gasteiger partial charge in [0.15, 0.2) is 5.82 Å². The molecule has 8 nitrogen and oxygen atoms in total. The molecule has 0 saturated carbocycles. The Bertz CT molecular complexity index is 1470. The predicted octanol–water partition coefficient (Wildman–Crippen LogP) is 4.38. The third kappa shape index (κ3) is 4.80. The average molecular weight is 470 g/mol. The van der Waals surface area contributed by atoms with Crippen molar-refractivity contribution < 1.29 is 9.18 Å². The molecule has 0 saturated heterocycles. The van der Waals surface area contributed by atoms with Gasteiger partial charge in [-0.15, -0.1) is 0 Å². The Morgan fingerprint density at radius 1 is 0.914 bits per heavy atom. The summed E-state index contributed by atoms with van der Waals surface area (Å²) < 4.78 is 13.3. The van der Waals surface area contributed by atoms with Crippen molar-refractivity contribution in [2.24, 2.45) is 0 Å². The Hall–Kier alpha value is -4.37. The lowest BCUT2D eigenvalue weighted by atomic mass is 10.0. The van der Waals surface area contributed by atoms with Crippen molar-refractivity contribution in [3.63, 3.8) is 0 Å². The van der Waals surface area contributed by atoms with E-state index < -0.39 is 0 Å². The highest BCUT2D eigenvalue weighted by Gasteiger charge is 2.14. The summed E-state index contributed by atoms with van der Waals surface area (Å²) in [4.78, 5) is 20.1. The fourth-order valence-electron chi connectivity index (χ4n) is 3.98. The largest absolute Gasteiger partial charge is 0.311 e. The summed E-state index contributed by atoms with van der Waals surface area (Å²) in [6, 6.07) is 19.7. The van der Waals surface area contributed by atoms with Crippen LogP contribution in [0.3, 0.4) is 0 Å². The molecule has 2 N–H and O–H groups in total. The van der Waals surface area contributed by atoms with Gasteiger partial charge >= 0.3 is 0 Å². The van der Waals surface area contributed by atoms with Crippen LogP contribution in [-0.4, -0.2) is 50.8 Å². The Morgan fingerprint density at radius 3 is 2.51 bits per heavy atom. The molecule has 0 unspecified atom stereocenters. The smallest absolute Gasteiger partial charge is 0.214 e. The molecule has 1 amide bonds. The van der Waals surface area contributed by atoms with Gasteiger partial charge in [-0.2, -0.15) is 10.2 Å². The molecule has 5 rings (SSSR count). The second kappa shape index (κ2) is 9.47. The Morgan fingerprint density at radius 2 is 1.74 bits per heavy atom. The number of carbonyl (C=O) groups excluding carboxylic acids is 1. The van der Waals surface area contributed by atoms with Gasteiger partial charge in [-0.25, -0.2) is 9.37 Å². The van der Waals surface area contributed by atoms with Gasteiger partial charge in [-0.1, -0.05) is 24.3 Å².